The number of rotatable bonds is 1. The van der Waals surface area contributed by atoms with E-state index in [0.717, 1.165) is 12.3 Å². The minimum atomic E-state index is -0.253. The summed E-state index contributed by atoms with van der Waals surface area (Å²) in [6.45, 7) is 9.00. The molecule has 3 heteroatoms. The Bertz CT molecular complexity index is 143. The van der Waals surface area contributed by atoms with Crippen molar-refractivity contribution >= 4 is 5.97 Å². The third-order valence-corrected chi connectivity index (χ3v) is 1.99. The monoisotopic (exact) mass is 188 g/mol. The van der Waals surface area contributed by atoms with Gasteiger partial charge in [0.1, 0.15) is 0 Å². The van der Waals surface area contributed by atoms with Gasteiger partial charge in [-0.25, -0.2) is 4.79 Å². The highest BCUT2D eigenvalue weighted by Gasteiger charge is 2.19. The molecule has 1 unspecified atom stereocenters. The van der Waals surface area contributed by atoms with E-state index in [1.807, 2.05) is 6.92 Å². The highest BCUT2D eigenvalue weighted by Crippen LogP contribution is 2.09. The molecule has 0 radical (unpaired) electrons. The molecule has 0 aromatic heterocycles. The van der Waals surface area contributed by atoms with Gasteiger partial charge in [-0.3, -0.25) is 4.89 Å². The maximum Gasteiger partial charge on any atom is 0.345 e. The van der Waals surface area contributed by atoms with Crippen molar-refractivity contribution in [1.82, 2.24) is 0 Å². The summed E-state index contributed by atoms with van der Waals surface area (Å²) < 4.78 is 0. The molecule has 3 nitrogen and oxygen atoms in total. The lowest BCUT2D eigenvalue weighted by atomic mass is 10.1. The van der Waals surface area contributed by atoms with Crippen LogP contribution < -0.4 is 0 Å². The first-order valence-corrected chi connectivity index (χ1v) is 4.91. The van der Waals surface area contributed by atoms with Gasteiger partial charge in [0.2, 0.25) is 0 Å². The van der Waals surface area contributed by atoms with E-state index in [1.54, 1.807) is 0 Å². The molecule has 0 aromatic carbocycles. The summed E-state index contributed by atoms with van der Waals surface area (Å²) in [5.41, 5.74) is 0. The summed E-state index contributed by atoms with van der Waals surface area (Å²) in [5, 5.41) is 0. The van der Waals surface area contributed by atoms with Gasteiger partial charge in [-0.1, -0.05) is 34.1 Å². The van der Waals surface area contributed by atoms with Crippen LogP contribution in [-0.2, 0) is 14.6 Å². The van der Waals surface area contributed by atoms with Gasteiger partial charge < -0.3 is 0 Å². The van der Waals surface area contributed by atoms with Gasteiger partial charge >= 0.3 is 5.97 Å². The normalized spacial score (nSPS) is 21.9. The molecule has 0 spiro atoms. The van der Waals surface area contributed by atoms with E-state index in [-0.39, 0.29) is 11.9 Å². The van der Waals surface area contributed by atoms with Crippen molar-refractivity contribution in [1.29, 1.82) is 0 Å². The van der Waals surface area contributed by atoms with Gasteiger partial charge in [-0.2, -0.15) is 4.89 Å². The molecule has 1 saturated heterocycles. The first-order chi connectivity index (χ1) is 6.07. The zero-order valence-corrected chi connectivity index (χ0v) is 9.00. The number of carbonyl (C=O) groups excluding carboxylic acids is 1. The zero-order chi connectivity index (χ0) is 10.3. The third-order valence-electron chi connectivity index (χ3n) is 1.99. The van der Waals surface area contributed by atoms with E-state index < -0.39 is 0 Å². The van der Waals surface area contributed by atoms with Crippen LogP contribution in [0.5, 0.6) is 0 Å². The molecule has 0 bridgehead atoms. The van der Waals surface area contributed by atoms with Crippen molar-refractivity contribution in [3.05, 3.63) is 0 Å². The number of hydrogen-bond donors (Lipinski definition) is 0. The summed E-state index contributed by atoms with van der Waals surface area (Å²) in [6.07, 6.45) is 2.08. The summed E-state index contributed by atoms with van der Waals surface area (Å²) in [6, 6.07) is 0. The van der Waals surface area contributed by atoms with Crippen LogP contribution in [0.2, 0.25) is 0 Å². The van der Waals surface area contributed by atoms with E-state index in [9.17, 15) is 4.79 Å². The molecule has 13 heavy (non-hydrogen) atoms. The molecular formula is C10H20O3. The van der Waals surface area contributed by atoms with Gasteiger partial charge in [0.05, 0.1) is 12.5 Å². The summed E-state index contributed by atoms with van der Waals surface area (Å²) >= 11 is 0. The Balaban J connectivity index is 0.000000252. The maximum atomic E-state index is 10.4. The average molecular weight is 188 g/mol. The predicted molar refractivity (Wildman–Crippen MR) is 51.0 cm³/mol. The fraction of sp³-hybridized carbons (Fsp3) is 0.900. The molecule has 0 aliphatic carbocycles. The van der Waals surface area contributed by atoms with E-state index in [2.05, 4.69) is 30.5 Å². The topological polar surface area (TPSA) is 35.5 Å². The van der Waals surface area contributed by atoms with Gasteiger partial charge in [0.25, 0.3) is 0 Å². The number of carbonyl (C=O) groups is 1. The standard InChI is InChI=1S/C5H8O3.C5H12/c1-4-2-3-7-8-5(4)6;1-4-5(2)3/h4H,2-3H2,1H3;5H,4H2,1-3H3. The van der Waals surface area contributed by atoms with Gasteiger partial charge in [0.15, 0.2) is 0 Å². The Morgan fingerprint density at radius 3 is 2.31 bits per heavy atom. The zero-order valence-electron chi connectivity index (χ0n) is 9.00. The van der Waals surface area contributed by atoms with Gasteiger partial charge in [-0.15, -0.1) is 0 Å². The van der Waals surface area contributed by atoms with E-state index in [1.165, 1.54) is 6.42 Å². The smallest absolute Gasteiger partial charge is 0.298 e. The highest BCUT2D eigenvalue weighted by atomic mass is 17.2. The van der Waals surface area contributed by atoms with Crippen LogP contribution in [0.4, 0.5) is 0 Å². The molecular weight excluding hydrogens is 168 g/mol. The average Bonchev–Trinajstić information content (AvgIpc) is 2.11. The van der Waals surface area contributed by atoms with Crippen molar-refractivity contribution in [3.8, 4) is 0 Å². The minimum absolute atomic E-state index is 0.0174. The van der Waals surface area contributed by atoms with Crippen LogP contribution in [0.3, 0.4) is 0 Å². The molecule has 0 N–H and O–H groups in total. The van der Waals surface area contributed by atoms with E-state index >= 15 is 0 Å². The molecule has 1 atom stereocenters. The Morgan fingerprint density at radius 1 is 1.54 bits per heavy atom. The van der Waals surface area contributed by atoms with E-state index in [0.29, 0.717) is 6.61 Å². The molecule has 0 aromatic rings. The molecule has 0 amide bonds. The lowest BCUT2D eigenvalue weighted by Crippen LogP contribution is -2.22. The first kappa shape index (κ1) is 12.4. The van der Waals surface area contributed by atoms with Crippen molar-refractivity contribution in [2.24, 2.45) is 11.8 Å². The molecule has 1 aliphatic rings. The van der Waals surface area contributed by atoms with Crippen LogP contribution in [0.25, 0.3) is 0 Å². The van der Waals surface area contributed by atoms with Crippen LogP contribution in [-0.4, -0.2) is 12.6 Å². The molecule has 1 heterocycles. The van der Waals surface area contributed by atoms with Crippen LogP contribution in [0, 0.1) is 11.8 Å². The summed E-state index contributed by atoms with van der Waals surface area (Å²) in [5.74, 6) is 0.648. The maximum absolute atomic E-state index is 10.4. The molecule has 0 saturated carbocycles. The second-order valence-electron chi connectivity index (χ2n) is 3.72. The lowest BCUT2D eigenvalue weighted by Gasteiger charge is -2.14. The van der Waals surface area contributed by atoms with Crippen molar-refractivity contribution in [2.45, 2.75) is 40.5 Å². The van der Waals surface area contributed by atoms with Crippen LogP contribution >= 0.6 is 0 Å². The quantitative estimate of drug-likeness (QED) is 0.593. The van der Waals surface area contributed by atoms with Gasteiger partial charge in [-0.05, 0) is 12.3 Å². The van der Waals surface area contributed by atoms with Crippen LogP contribution in [0.15, 0.2) is 0 Å². The molecule has 1 rings (SSSR count). The minimum Gasteiger partial charge on any atom is -0.298 e. The lowest BCUT2D eigenvalue weighted by molar-refractivity contribution is -0.291. The van der Waals surface area contributed by atoms with Gasteiger partial charge in [0, 0.05) is 0 Å². The molecule has 1 aliphatic heterocycles. The Kier molecular flexibility index (Phi) is 6.59. The number of hydrogen-bond acceptors (Lipinski definition) is 3. The SMILES string of the molecule is CC1CCOOC1=O.CCC(C)C. The second-order valence-corrected chi connectivity index (χ2v) is 3.72. The Labute approximate surface area is 80.3 Å². The fourth-order valence-electron chi connectivity index (χ4n) is 0.525. The third kappa shape index (κ3) is 6.58. The predicted octanol–water partition coefficient (Wildman–Crippen LogP) is 2.55. The van der Waals surface area contributed by atoms with Crippen molar-refractivity contribution < 1.29 is 14.6 Å². The summed E-state index contributed by atoms with van der Waals surface area (Å²) in [4.78, 5) is 19.1. The summed E-state index contributed by atoms with van der Waals surface area (Å²) in [7, 11) is 0. The Morgan fingerprint density at radius 2 is 2.08 bits per heavy atom. The first-order valence-electron chi connectivity index (χ1n) is 4.91. The van der Waals surface area contributed by atoms with Crippen LogP contribution in [0.1, 0.15) is 40.5 Å². The largest absolute Gasteiger partial charge is 0.345 e. The fourth-order valence-corrected chi connectivity index (χ4v) is 0.525. The Hall–Kier alpha value is -0.570. The molecule has 1 fully saturated rings. The molecule has 78 valence electrons. The van der Waals surface area contributed by atoms with Crippen molar-refractivity contribution in [3.63, 3.8) is 0 Å². The second kappa shape index (κ2) is 6.89. The van der Waals surface area contributed by atoms with E-state index in [4.69, 9.17) is 0 Å². The highest BCUT2D eigenvalue weighted by molar-refractivity contribution is 5.71. The van der Waals surface area contributed by atoms with Crippen molar-refractivity contribution in [2.75, 3.05) is 6.61 Å².